The van der Waals surface area contributed by atoms with Crippen LogP contribution < -0.4 is 10.1 Å². The molecule has 0 radical (unpaired) electrons. The maximum Gasteiger partial charge on any atom is 0.260 e. The van der Waals surface area contributed by atoms with Crippen LogP contribution in [0.3, 0.4) is 0 Å². The Morgan fingerprint density at radius 2 is 1.70 bits per heavy atom. The number of nitrogens with one attached hydrogen (secondary N) is 1. The Bertz CT molecular complexity index is 772. The van der Waals surface area contributed by atoms with Gasteiger partial charge in [0.15, 0.2) is 6.61 Å². The van der Waals surface area contributed by atoms with Crippen molar-refractivity contribution < 1.29 is 9.53 Å². The summed E-state index contributed by atoms with van der Waals surface area (Å²) < 4.78 is 5.85. The highest BCUT2D eigenvalue weighted by Gasteiger charge is 2.18. The smallest absolute Gasteiger partial charge is 0.260 e. The molecular formula is C23H30N2O2. The van der Waals surface area contributed by atoms with Gasteiger partial charge in [-0.1, -0.05) is 35.9 Å². The number of likely N-dealkylation sites (tertiary alicyclic amines) is 1. The first-order valence-corrected chi connectivity index (χ1v) is 9.80. The average molecular weight is 367 g/mol. The van der Waals surface area contributed by atoms with E-state index in [0.717, 1.165) is 43.8 Å². The molecule has 0 aromatic heterocycles. The van der Waals surface area contributed by atoms with Crippen molar-refractivity contribution in [2.24, 2.45) is 0 Å². The van der Waals surface area contributed by atoms with Crippen LogP contribution in [0.5, 0.6) is 5.75 Å². The molecule has 0 unspecified atom stereocenters. The van der Waals surface area contributed by atoms with Crippen LogP contribution in [0.15, 0.2) is 36.4 Å². The number of nitrogens with zero attached hydrogens (tertiary/aromatic N) is 1. The van der Waals surface area contributed by atoms with Gasteiger partial charge < -0.3 is 15.0 Å². The van der Waals surface area contributed by atoms with E-state index in [9.17, 15) is 4.79 Å². The van der Waals surface area contributed by atoms with E-state index in [1.807, 2.05) is 23.1 Å². The molecule has 1 fully saturated rings. The summed E-state index contributed by atoms with van der Waals surface area (Å²) in [6.45, 7) is 9.83. The molecule has 4 nitrogen and oxygen atoms in total. The number of hydrogen-bond acceptors (Lipinski definition) is 3. The highest BCUT2D eigenvalue weighted by molar-refractivity contribution is 5.78. The molecule has 1 aliphatic heterocycles. The Hall–Kier alpha value is -2.33. The van der Waals surface area contributed by atoms with E-state index in [-0.39, 0.29) is 12.5 Å². The standard InChI is InChI=1S/C23H30N2O2/c1-17-12-18(2)21(19(3)13-17)15-24-14-20-8-4-5-9-22(20)27-16-23(26)25-10-6-7-11-25/h4-5,8-9,12-13,24H,6-7,10-11,14-16H2,1-3H3. The van der Waals surface area contributed by atoms with Gasteiger partial charge in [0.05, 0.1) is 0 Å². The molecule has 1 aliphatic rings. The fraction of sp³-hybridized carbons (Fsp3) is 0.435. The van der Waals surface area contributed by atoms with E-state index in [4.69, 9.17) is 4.74 Å². The first kappa shape index (κ1) is 19.4. The molecule has 1 heterocycles. The number of rotatable bonds is 7. The van der Waals surface area contributed by atoms with Crippen molar-refractivity contribution in [2.75, 3.05) is 19.7 Å². The van der Waals surface area contributed by atoms with Gasteiger partial charge in [0, 0.05) is 31.7 Å². The lowest BCUT2D eigenvalue weighted by molar-refractivity contribution is -0.132. The van der Waals surface area contributed by atoms with Crippen molar-refractivity contribution in [3.63, 3.8) is 0 Å². The maximum atomic E-state index is 12.2. The summed E-state index contributed by atoms with van der Waals surface area (Å²) in [6.07, 6.45) is 2.20. The molecule has 1 N–H and O–H groups in total. The topological polar surface area (TPSA) is 41.6 Å². The van der Waals surface area contributed by atoms with Crippen molar-refractivity contribution in [2.45, 2.75) is 46.7 Å². The zero-order chi connectivity index (χ0) is 19.2. The van der Waals surface area contributed by atoms with Crippen molar-refractivity contribution in [1.82, 2.24) is 10.2 Å². The molecule has 0 saturated carbocycles. The van der Waals surface area contributed by atoms with Crippen molar-refractivity contribution in [3.05, 3.63) is 64.2 Å². The summed E-state index contributed by atoms with van der Waals surface area (Å²) in [5.74, 6) is 0.871. The molecule has 1 saturated heterocycles. The number of benzene rings is 2. The minimum atomic E-state index is 0.0844. The third-order valence-electron chi connectivity index (χ3n) is 5.24. The SMILES string of the molecule is Cc1cc(C)c(CNCc2ccccc2OCC(=O)N2CCCC2)c(C)c1. The second kappa shape index (κ2) is 9.05. The predicted octanol–water partition coefficient (Wildman–Crippen LogP) is 3.90. The van der Waals surface area contributed by atoms with Crippen LogP contribution in [0.2, 0.25) is 0 Å². The van der Waals surface area contributed by atoms with Gasteiger partial charge in [0.25, 0.3) is 5.91 Å². The molecule has 0 spiro atoms. The van der Waals surface area contributed by atoms with E-state index in [2.05, 4.69) is 44.3 Å². The van der Waals surface area contributed by atoms with Crippen molar-refractivity contribution in [3.8, 4) is 5.75 Å². The maximum absolute atomic E-state index is 12.2. The average Bonchev–Trinajstić information content (AvgIpc) is 3.17. The zero-order valence-electron chi connectivity index (χ0n) is 16.7. The summed E-state index contributed by atoms with van der Waals surface area (Å²) in [5, 5.41) is 3.53. The molecule has 144 valence electrons. The Labute approximate surface area is 162 Å². The van der Waals surface area contributed by atoms with Crippen molar-refractivity contribution >= 4 is 5.91 Å². The minimum Gasteiger partial charge on any atom is -0.483 e. The normalized spacial score (nSPS) is 13.8. The van der Waals surface area contributed by atoms with Gasteiger partial charge >= 0.3 is 0 Å². The van der Waals surface area contributed by atoms with Gasteiger partial charge in [-0.3, -0.25) is 4.79 Å². The highest BCUT2D eigenvalue weighted by atomic mass is 16.5. The Kier molecular flexibility index (Phi) is 6.51. The van der Waals surface area contributed by atoms with Crippen LogP contribution in [0.1, 0.15) is 40.7 Å². The van der Waals surface area contributed by atoms with Crippen molar-refractivity contribution in [1.29, 1.82) is 0 Å². The quantitative estimate of drug-likeness (QED) is 0.808. The molecule has 4 heteroatoms. The van der Waals surface area contributed by atoms with E-state index in [0.29, 0.717) is 6.54 Å². The van der Waals surface area contributed by atoms with Gasteiger partial charge in [0.2, 0.25) is 0 Å². The summed E-state index contributed by atoms with van der Waals surface area (Å²) in [4.78, 5) is 14.1. The van der Waals surface area contributed by atoms with Crippen LogP contribution in [-0.4, -0.2) is 30.5 Å². The van der Waals surface area contributed by atoms with Crippen LogP contribution in [0.25, 0.3) is 0 Å². The number of para-hydroxylation sites is 1. The van der Waals surface area contributed by atoms with Gasteiger partial charge in [-0.15, -0.1) is 0 Å². The van der Waals surface area contributed by atoms with E-state index < -0.39 is 0 Å². The third-order valence-corrected chi connectivity index (χ3v) is 5.24. The van der Waals surface area contributed by atoms with Gasteiger partial charge in [-0.05, 0) is 56.4 Å². The molecule has 27 heavy (non-hydrogen) atoms. The molecule has 0 atom stereocenters. The number of hydrogen-bond donors (Lipinski definition) is 1. The second-order valence-electron chi connectivity index (χ2n) is 7.47. The Balaban J connectivity index is 1.57. The first-order chi connectivity index (χ1) is 13.0. The summed E-state index contributed by atoms with van der Waals surface area (Å²) in [7, 11) is 0. The fourth-order valence-corrected chi connectivity index (χ4v) is 3.80. The third kappa shape index (κ3) is 5.10. The molecule has 3 rings (SSSR count). The largest absolute Gasteiger partial charge is 0.483 e. The van der Waals surface area contributed by atoms with E-state index in [1.165, 1.54) is 22.3 Å². The molecule has 2 aromatic carbocycles. The second-order valence-corrected chi connectivity index (χ2v) is 7.47. The van der Waals surface area contributed by atoms with Gasteiger partial charge in [-0.2, -0.15) is 0 Å². The lowest BCUT2D eigenvalue weighted by Crippen LogP contribution is -2.32. The minimum absolute atomic E-state index is 0.0844. The molecule has 1 amide bonds. The lowest BCUT2D eigenvalue weighted by atomic mass is 10.00. The summed E-state index contributed by atoms with van der Waals surface area (Å²) in [6, 6.07) is 12.4. The zero-order valence-corrected chi connectivity index (χ0v) is 16.7. The molecule has 0 aliphatic carbocycles. The van der Waals surface area contributed by atoms with E-state index >= 15 is 0 Å². The molecule has 2 aromatic rings. The Morgan fingerprint density at radius 1 is 1.04 bits per heavy atom. The molecule has 0 bridgehead atoms. The predicted molar refractivity (Wildman–Crippen MR) is 109 cm³/mol. The Morgan fingerprint density at radius 3 is 2.41 bits per heavy atom. The number of amides is 1. The highest BCUT2D eigenvalue weighted by Crippen LogP contribution is 2.20. The summed E-state index contributed by atoms with van der Waals surface area (Å²) >= 11 is 0. The number of ether oxygens (including phenoxy) is 1. The summed E-state index contributed by atoms with van der Waals surface area (Å²) in [5.41, 5.74) is 6.37. The number of aryl methyl sites for hydroxylation is 3. The van der Waals surface area contributed by atoms with E-state index in [1.54, 1.807) is 0 Å². The lowest BCUT2D eigenvalue weighted by Gasteiger charge is -2.17. The number of carbonyl (C=O) groups is 1. The van der Waals surface area contributed by atoms with Crippen LogP contribution in [0, 0.1) is 20.8 Å². The molecular weight excluding hydrogens is 336 g/mol. The monoisotopic (exact) mass is 366 g/mol. The fourth-order valence-electron chi connectivity index (χ4n) is 3.80. The van der Waals surface area contributed by atoms with Crippen LogP contribution in [0.4, 0.5) is 0 Å². The van der Waals surface area contributed by atoms with Crippen LogP contribution >= 0.6 is 0 Å². The first-order valence-electron chi connectivity index (χ1n) is 9.80. The van der Waals surface area contributed by atoms with Gasteiger partial charge in [0.1, 0.15) is 5.75 Å². The number of carbonyl (C=O) groups excluding carboxylic acids is 1. The van der Waals surface area contributed by atoms with Gasteiger partial charge in [-0.25, -0.2) is 0 Å². The van der Waals surface area contributed by atoms with Crippen LogP contribution in [-0.2, 0) is 17.9 Å².